The van der Waals surface area contributed by atoms with Crippen LogP contribution in [0.15, 0.2) is 24.3 Å². The summed E-state index contributed by atoms with van der Waals surface area (Å²) in [5.74, 6) is 1.53. The Morgan fingerprint density at radius 2 is 2.15 bits per heavy atom. The van der Waals surface area contributed by atoms with Crippen molar-refractivity contribution >= 4 is 28.9 Å². The highest BCUT2D eigenvalue weighted by atomic mass is 35.5. The molecule has 1 aromatic heterocycles. The van der Waals surface area contributed by atoms with Crippen LogP contribution < -0.4 is 11.1 Å². The molecule has 6 heteroatoms. The minimum Gasteiger partial charge on any atom is -0.384 e. The molecule has 0 radical (unpaired) electrons. The van der Waals surface area contributed by atoms with Gasteiger partial charge in [0.25, 0.3) is 0 Å². The van der Waals surface area contributed by atoms with Crippen LogP contribution in [0, 0.1) is 6.92 Å². The lowest BCUT2D eigenvalue weighted by Gasteiger charge is -2.12. The number of aromatic nitrogens is 2. The fraction of sp³-hybridized carbons (Fsp3) is 0.286. The number of halogens is 1. The molecule has 0 unspecified atom stereocenters. The molecule has 0 bridgehead atoms. The number of hydrogen-bond donors (Lipinski definition) is 2. The first-order valence-corrected chi connectivity index (χ1v) is 6.71. The fourth-order valence-electron chi connectivity index (χ4n) is 1.76. The zero-order valence-electron chi connectivity index (χ0n) is 11.5. The van der Waals surface area contributed by atoms with E-state index < -0.39 is 0 Å². The average molecular weight is 293 g/mol. The van der Waals surface area contributed by atoms with Crippen LogP contribution in [0.25, 0.3) is 0 Å². The molecule has 2 aromatic rings. The van der Waals surface area contributed by atoms with Crippen LogP contribution in [0.1, 0.15) is 18.3 Å². The van der Waals surface area contributed by atoms with Crippen molar-refractivity contribution in [2.75, 3.05) is 17.7 Å². The van der Waals surface area contributed by atoms with E-state index in [-0.39, 0.29) is 0 Å². The Labute approximate surface area is 123 Å². The lowest BCUT2D eigenvalue weighted by Crippen LogP contribution is -2.06. The van der Waals surface area contributed by atoms with Crippen molar-refractivity contribution in [2.24, 2.45) is 0 Å². The summed E-state index contributed by atoms with van der Waals surface area (Å²) in [5, 5.41) is 3.81. The third-order valence-corrected chi connectivity index (χ3v) is 3.02. The van der Waals surface area contributed by atoms with E-state index in [0.29, 0.717) is 35.7 Å². The number of nitrogens with zero attached hydrogens (tertiary/aromatic N) is 2. The molecule has 0 fully saturated rings. The molecule has 0 aliphatic heterocycles. The van der Waals surface area contributed by atoms with Crippen LogP contribution in [-0.4, -0.2) is 16.6 Å². The van der Waals surface area contributed by atoms with E-state index in [0.717, 1.165) is 11.3 Å². The maximum absolute atomic E-state index is 6.18. The van der Waals surface area contributed by atoms with Crippen LogP contribution in [0.2, 0.25) is 5.02 Å². The first kappa shape index (κ1) is 14.6. The van der Waals surface area contributed by atoms with E-state index in [1.165, 1.54) is 0 Å². The maximum Gasteiger partial charge on any atom is 0.158 e. The van der Waals surface area contributed by atoms with Crippen LogP contribution >= 0.6 is 11.6 Å². The summed E-state index contributed by atoms with van der Waals surface area (Å²) in [6.07, 6.45) is 0. The number of para-hydroxylation sites is 1. The van der Waals surface area contributed by atoms with Crippen molar-refractivity contribution in [3.05, 3.63) is 40.7 Å². The monoisotopic (exact) mass is 292 g/mol. The zero-order chi connectivity index (χ0) is 14.5. The number of ether oxygens (including phenoxy) is 1. The molecule has 20 heavy (non-hydrogen) atoms. The van der Waals surface area contributed by atoms with Crippen molar-refractivity contribution in [3.8, 4) is 0 Å². The molecule has 0 saturated heterocycles. The van der Waals surface area contributed by atoms with E-state index in [9.17, 15) is 0 Å². The summed E-state index contributed by atoms with van der Waals surface area (Å²) in [6, 6.07) is 7.36. The number of benzene rings is 1. The fourth-order valence-corrected chi connectivity index (χ4v) is 2.03. The molecule has 2 rings (SSSR count). The van der Waals surface area contributed by atoms with Gasteiger partial charge in [0.05, 0.1) is 10.7 Å². The number of anilines is 3. The van der Waals surface area contributed by atoms with E-state index >= 15 is 0 Å². The molecule has 0 atom stereocenters. The summed E-state index contributed by atoms with van der Waals surface area (Å²) in [5.41, 5.74) is 7.62. The van der Waals surface area contributed by atoms with Crippen molar-refractivity contribution in [3.63, 3.8) is 0 Å². The quantitative estimate of drug-likeness (QED) is 0.884. The molecule has 5 nitrogen and oxygen atoms in total. The summed E-state index contributed by atoms with van der Waals surface area (Å²) in [7, 11) is 0. The van der Waals surface area contributed by atoms with Crippen molar-refractivity contribution < 1.29 is 4.74 Å². The Morgan fingerprint density at radius 1 is 1.35 bits per heavy atom. The van der Waals surface area contributed by atoms with Gasteiger partial charge in [-0.2, -0.15) is 0 Å². The zero-order valence-corrected chi connectivity index (χ0v) is 12.2. The topological polar surface area (TPSA) is 73.1 Å². The highest BCUT2D eigenvalue weighted by Gasteiger charge is 2.07. The number of nitrogens with one attached hydrogen (secondary N) is 1. The van der Waals surface area contributed by atoms with Gasteiger partial charge in [-0.05, 0) is 25.5 Å². The molecule has 0 amide bonds. The molecule has 1 heterocycles. The van der Waals surface area contributed by atoms with Gasteiger partial charge >= 0.3 is 0 Å². The molecule has 0 aliphatic rings. The van der Waals surface area contributed by atoms with Gasteiger partial charge in [-0.3, -0.25) is 0 Å². The molecular weight excluding hydrogens is 276 g/mol. The van der Waals surface area contributed by atoms with E-state index in [1.807, 2.05) is 32.0 Å². The van der Waals surface area contributed by atoms with E-state index in [1.54, 1.807) is 6.07 Å². The Kier molecular flexibility index (Phi) is 4.76. The summed E-state index contributed by atoms with van der Waals surface area (Å²) >= 11 is 6.18. The van der Waals surface area contributed by atoms with Gasteiger partial charge in [-0.15, -0.1) is 0 Å². The Balaban J connectivity index is 2.27. The Hall–Kier alpha value is -1.85. The predicted molar refractivity (Wildman–Crippen MR) is 81.2 cm³/mol. The lowest BCUT2D eigenvalue weighted by atomic mass is 10.2. The minimum atomic E-state index is 0.331. The van der Waals surface area contributed by atoms with Gasteiger partial charge in [0.15, 0.2) is 5.82 Å². The first-order chi connectivity index (χ1) is 9.60. The summed E-state index contributed by atoms with van der Waals surface area (Å²) in [6.45, 7) is 4.82. The standard InChI is InChI=1S/C14H17ClN4O/c1-3-20-8-13-17-11(16)7-12(18-13)19-14-9(2)5-4-6-10(14)15/h4-7H,3,8H2,1-2H3,(H3,16,17,18,19). The smallest absolute Gasteiger partial charge is 0.158 e. The van der Waals surface area contributed by atoms with E-state index in [4.69, 9.17) is 22.1 Å². The van der Waals surface area contributed by atoms with Crippen LogP contribution in [0.3, 0.4) is 0 Å². The Bertz CT molecular complexity index is 583. The third-order valence-electron chi connectivity index (χ3n) is 2.70. The second kappa shape index (κ2) is 6.54. The number of nitrogens with two attached hydrogens (primary N) is 1. The molecular formula is C14H17ClN4O. The van der Waals surface area contributed by atoms with Gasteiger partial charge in [-0.25, -0.2) is 9.97 Å². The molecule has 1 aromatic carbocycles. The first-order valence-electron chi connectivity index (χ1n) is 6.33. The molecule has 0 spiro atoms. The molecule has 0 saturated carbocycles. The molecule has 106 valence electrons. The van der Waals surface area contributed by atoms with Crippen LogP contribution in [-0.2, 0) is 11.3 Å². The normalized spacial score (nSPS) is 10.6. The highest BCUT2D eigenvalue weighted by Crippen LogP contribution is 2.28. The summed E-state index contributed by atoms with van der Waals surface area (Å²) < 4.78 is 5.29. The van der Waals surface area contributed by atoms with Gasteiger partial charge in [0.2, 0.25) is 0 Å². The molecule has 3 N–H and O–H groups in total. The van der Waals surface area contributed by atoms with Crippen molar-refractivity contribution in [2.45, 2.75) is 20.5 Å². The van der Waals surface area contributed by atoms with Crippen molar-refractivity contribution in [1.29, 1.82) is 0 Å². The van der Waals surface area contributed by atoms with Gasteiger partial charge in [0.1, 0.15) is 18.2 Å². The van der Waals surface area contributed by atoms with Crippen LogP contribution in [0.4, 0.5) is 17.3 Å². The lowest BCUT2D eigenvalue weighted by molar-refractivity contribution is 0.128. The highest BCUT2D eigenvalue weighted by molar-refractivity contribution is 6.33. The SMILES string of the molecule is CCOCc1nc(N)cc(Nc2c(C)cccc2Cl)n1. The van der Waals surface area contributed by atoms with E-state index in [2.05, 4.69) is 15.3 Å². The largest absolute Gasteiger partial charge is 0.384 e. The van der Waals surface area contributed by atoms with Crippen molar-refractivity contribution in [1.82, 2.24) is 9.97 Å². The maximum atomic E-state index is 6.18. The van der Waals surface area contributed by atoms with Crippen LogP contribution in [0.5, 0.6) is 0 Å². The minimum absolute atomic E-state index is 0.331. The Morgan fingerprint density at radius 3 is 2.85 bits per heavy atom. The number of hydrogen-bond acceptors (Lipinski definition) is 5. The predicted octanol–water partition coefficient (Wildman–Crippen LogP) is 3.30. The second-order valence-corrected chi connectivity index (χ2v) is 4.70. The average Bonchev–Trinajstić information content (AvgIpc) is 2.40. The van der Waals surface area contributed by atoms with Gasteiger partial charge < -0.3 is 15.8 Å². The number of nitrogen functional groups attached to an aromatic ring is 1. The van der Waals surface area contributed by atoms with Gasteiger partial charge in [0, 0.05) is 12.7 Å². The number of aryl methyl sites for hydroxylation is 1. The third kappa shape index (κ3) is 3.59. The second-order valence-electron chi connectivity index (χ2n) is 4.29. The molecule has 0 aliphatic carbocycles. The summed E-state index contributed by atoms with van der Waals surface area (Å²) in [4.78, 5) is 8.49. The number of rotatable bonds is 5. The van der Waals surface area contributed by atoms with Gasteiger partial charge in [-0.1, -0.05) is 23.7 Å².